The Bertz CT molecular complexity index is 490. The number of benzene rings is 1. The molecular weight excluding hydrogens is 222 g/mol. The smallest absolute Gasteiger partial charge is 0.124 e. The fraction of sp³-hybridized carbons (Fsp3) is 0.417. The van der Waals surface area contributed by atoms with E-state index in [1.807, 2.05) is 18.2 Å². The third kappa shape index (κ3) is 2.20. The van der Waals surface area contributed by atoms with Gasteiger partial charge in [0.25, 0.3) is 0 Å². The molecule has 0 bridgehead atoms. The Balaban J connectivity index is 2.36. The number of nitrogens with zero attached hydrogens (tertiary/aromatic N) is 1. The third-order valence-electron chi connectivity index (χ3n) is 2.56. The quantitative estimate of drug-likeness (QED) is 0.861. The van der Waals surface area contributed by atoms with Crippen LogP contribution in [-0.4, -0.2) is 9.97 Å². The van der Waals surface area contributed by atoms with Gasteiger partial charge in [0.05, 0.1) is 16.6 Å². The summed E-state index contributed by atoms with van der Waals surface area (Å²) < 4.78 is 0. The Morgan fingerprint density at radius 2 is 2.19 bits per heavy atom. The normalized spacial score (nSPS) is 13.6. The van der Waals surface area contributed by atoms with Crippen molar-refractivity contribution >= 4 is 22.6 Å². The molecule has 1 unspecified atom stereocenters. The summed E-state index contributed by atoms with van der Waals surface area (Å²) in [4.78, 5) is 7.67. The Morgan fingerprint density at radius 1 is 1.44 bits per heavy atom. The van der Waals surface area contributed by atoms with Gasteiger partial charge in [0, 0.05) is 0 Å². The molecule has 3 N–H and O–H groups in total. The number of para-hydroxylation sites is 1. The van der Waals surface area contributed by atoms with E-state index in [-0.39, 0.29) is 6.04 Å². The molecule has 2 rings (SSSR count). The minimum absolute atomic E-state index is 0.0523. The van der Waals surface area contributed by atoms with Crippen molar-refractivity contribution in [1.82, 2.24) is 9.97 Å². The Hall–Kier alpha value is -1.06. The van der Waals surface area contributed by atoms with Crippen molar-refractivity contribution in [1.29, 1.82) is 0 Å². The first-order valence-electron chi connectivity index (χ1n) is 5.47. The highest BCUT2D eigenvalue weighted by Gasteiger charge is 2.13. The lowest BCUT2D eigenvalue weighted by Gasteiger charge is -2.10. The van der Waals surface area contributed by atoms with Gasteiger partial charge in [-0.1, -0.05) is 31.5 Å². The van der Waals surface area contributed by atoms with Gasteiger partial charge in [-0.05, 0) is 24.5 Å². The SMILES string of the molecule is CC(C)CC(N)c1nc2c(Cl)cccc2[nH]1. The number of aromatic nitrogens is 2. The molecule has 0 aliphatic heterocycles. The summed E-state index contributed by atoms with van der Waals surface area (Å²) in [7, 11) is 0. The number of hydrogen-bond acceptors (Lipinski definition) is 2. The molecule has 1 aromatic heterocycles. The van der Waals surface area contributed by atoms with Gasteiger partial charge in [-0.2, -0.15) is 0 Å². The van der Waals surface area contributed by atoms with Crippen LogP contribution >= 0.6 is 11.6 Å². The van der Waals surface area contributed by atoms with Crippen molar-refractivity contribution < 1.29 is 0 Å². The second-order valence-electron chi connectivity index (χ2n) is 4.49. The first-order chi connectivity index (χ1) is 7.58. The molecule has 16 heavy (non-hydrogen) atoms. The van der Waals surface area contributed by atoms with Crippen molar-refractivity contribution in [2.24, 2.45) is 11.7 Å². The molecule has 0 saturated heterocycles. The van der Waals surface area contributed by atoms with Gasteiger partial charge in [-0.3, -0.25) is 0 Å². The number of aromatic amines is 1. The topological polar surface area (TPSA) is 54.7 Å². The zero-order valence-corrected chi connectivity index (χ0v) is 10.3. The van der Waals surface area contributed by atoms with Crippen LogP contribution in [0.15, 0.2) is 18.2 Å². The van der Waals surface area contributed by atoms with E-state index in [9.17, 15) is 0 Å². The Morgan fingerprint density at radius 3 is 2.81 bits per heavy atom. The van der Waals surface area contributed by atoms with Crippen molar-refractivity contribution in [3.8, 4) is 0 Å². The first-order valence-corrected chi connectivity index (χ1v) is 5.85. The summed E-state index contributed by atoms with van der Waals surface area (Å²) in [5.41, 5.74) is 7.82. The lowest BCUT2D eigenvalue weighted by atomic mass is 10.0. The Labute approximate surface area is 100 Å². The first kappa shape index (κ1) is 11.4. The van der Waals surface area contributed by atoms with Crippen LogP contribution in [0.25, 0.3) is 11.0 Å². The van der Waals surface area contributed by atoms with Crippen molar-refractivity contribution in [2.45, 2.75) is 26.3 Å². The van der Waals surface area contributed by atoms with E-state index in [0.29, 0.717) is 10.9 Å². The monoisotopic (exact) mass is 237 g/mol. The molecule has 1 heterocycles. The van der Waals surface area contributed by atoms with Crippen LogP contribution in [0.4, 0.5) is 0 Å². The zero-order valence-electron chi connectivity index (χ0n) is 9.50. The van der Waals surface area contributed by atoms with Crippen LogP contribution in [0.2, 0.25) is 5.02 Å². The highest BCUT2D eigenvalue weighted by atomic mass is 35.5. The number of fused-ring (bicyclic) bond motifs is 1. The molecule has 0 fully saturated rings. The highest BCUT2D eigenvalue weighted by Crippen LogP contribution is 2.24. The number of nitrogens with two attached hydrogens (primary N) is 1. The maximum absolute atomic E-state index is 6.07. The molecule has 2 aromatic rings. The lowest BCUT2D eigenvalue weighted by molar-refractivity contribution is 0.496. The number of imidazole rings is 1. The summed E-state index contributed by atoms with van der Waals surface area (Å²) >= 11 is 6.06. The summed E-state index contributed by atoms with van der Waals surface area (Å²) in [5, 5.41) is 0.664. The maximum atomic E-state index is 6.07. The minimum Gasteiger partial charge on any atom is -0.341 e. The lowest BCUT2D eigenvalue weighted by Crippen LogP contribution is -2.14. The van der Waals surface area contributed by atoms with Crippen LogP contribution in [0.3, 0.4) is 0 Å². The molecule has 3 nitrogen and oxygen atoms in total. The van der Waals surface area contributed by atoms with E-state index in [1.165, 1.54) is 0 Å². The second-order valence-corrected chi connectivity index (χ2v) is 4.90. The van der Waals surface area contributed by atoms with Gasteiger partial charge in [0.1, 0.15) is 11.3 Å². The van der Waals surface area contributed by atoms with Crippen molar-refractivity contribution in [2.75, 3.05) is 0 Å². The number of halogens is 1. The molecule has 1 atom stereocenters. The van der Waals surface area contributed by atoms with Gasteiger partial charge in [-0.25, -0.2) is 4.98 Å². The van der Waals surface area contributed by atoms with E-state index in [2.05, 4.69) is 23.8 Å². The average Bonchev–Trinajstić information content (AvgIpc) is 2.61. The summed E-state index contributed by atoms with van der Waals surface area (Å²) in [6, 6.07) is 5.64. The van der Waals surface area contributed by atoms with Crippen LogP contribution in [-0.2, 0) is 0 Å². The van der Waals surface area contributed by atoms with E-state index in [0.717, 1.165) is 23.3 Å². The summed E-state index contributed by atoms with van der Waals surface area (Å²) in [6.45, 7) is 4.30. The van der Waals surface area contributed by atoms with Crippen LogP contribution in [0.1, 0.15) is 32.1 Å². The van der Waals surface area contributed by atoms with E-state index in [1.54, 1.807) is 0 Å². The second kappa shape index (κ2) is 4.44. The zero-order chi connectivity index (χ0) is 11.7. The van der Waals surface area contributed by atoms with E-state index >= 15 is 0 Å². The number of H-pyrrole nitrogens is 1. The number of hydrogen-bond donors (Lipinski definition) is 2. The number of nitrogens with one attached hydrogen (secondary N) is 1. The average molecular weight is 238 g/mol. The molecule has 0 amide bonds. The maximum Gasteiger partial charge on any atom is 0.124 e. The van der Waals surface area contributed by atoms with Gasteiger partial charge in [0.2, 0.25) is 0 Å². The molecule has 0 aliphatic carbocycles. The molecular formula is C12H16ClN3. The molecule has 0 spiro atoms. The van der Waals surface area contributed by atoms with Crippen molar-refractivity contribution in [3.05, 3.63) is 29.0 Å². The van der Waals surface area contributed by atoms with Gasteiger partial charge >= 0.3 is 0 Å². The molecule has 0 saturated carbocycles. The minimum atomic E-state index is -0.0523. The van der Waals surface area contributed by atoms with E-state index < -0.39 is 0 Å². The fourth-order valence-electron chi connectivity index (χ4n) is 1.81. The van der Waals surface area contributed by atoms with Crippen LogP contribution in [0.5, 0.6) is 0 Å². The van der Waals surface area contributed by atoms with Gasteiger partial charge < -0.3 is 10.7 Å². The van der Waals surface area contributed by atoms with Crippen LogP contribution in [0, 0.1) is 5.92 Å². The van der Waals surface area contributed by atoms with E-state index in [4.69, 9.17) is 17.3 Å². The standard InChI is InChI=1S/C12H16ClN3/c1-7(2)6-9(14)12-15-10-5-3-4-8(13)11(10)16-12/h3-5,7,9H,6,14H2,1-2H3,(H,15,16). The molecule has 1 aromatic carbocycles. The molecule has 4 heteroatoms. The Kier molecular flexibility index (Phi) is 3.17. The predicted molar refractivity (Wildman–Crippen MR) is 67.5 cm³/mol. The molecule has 86 valence electrons. The predicted octanol–water partition coefficient (Wildman–Crippen LogP) is 3.26. The largest absolute Gasteiger partial charge is 0.341 e. The molecule has 0 aliphatic rings. The highest BCUT2D eigenvalue weighted by molar-refractivity contribution is 6.34. The third-order valence-corrected chi connectivity index (χ3v) is 2.86. The van der Waals surface area contributed by atoms with Gasteiger partial charge in [0.15, 0.2) is 0 Å². The van der Waals surface area contributed by atoms with Crippen molar-refractivity contribution in [3.63, 3.8) is 0 Å². The summed E-state index contributed by atoms with van der Waals surface area (Å²) in [5.74, 6) is 1.37. The fourth-order valence-corrected chi connectivity index (χ4v) is 2.03. The molecule has 0 radical (unpaired) electrons. The van der Waals surface area contributed by atoms with Crippen LogP contribution < -0.4 is 5.73 Å². The van der Waals surface area contributed by atoms with Gasteiger partial charge in [-0.15, -0.1) is 0 Å². The summed E-state index contributed by atoms with van der Waals surface area (Å²) in [6.07, 6.45) is 0.914. The number of rotatable bonds is 3.